The van der Waals surface area contributed by atoms with Crippen LogP contribution >= 0.6 is 11.8 Å². The van der Waals surface area contributed by atoms with Crippen molar-refractivity contribution in [2.24, 2.45) is 0 Å². The van der Waals surface area contributed by atoms with Crippen LogP contribution < -0.4 is 9.47 Å². The lowest BCUT2D eigenvalue weighted by Gasteiger charge is -2.12. The van der Waals surface area contributed by atoms with E-state index in [1.807, 2.05) is 0 Å². The second-order valence-electron chi connectivity index (χ2n) is 7.52. The number of hydrogen-bond donors (Lipinski definition) is 0. The predicted molar refractivity (Wildman–Crippen MR) is 128 cm³/mol. The molecule has 1 saturated heterocycles. The highest BCUT2D eigenvalue weighted by molar-refractivity contribution is 8.18. The molecule has 35 heavy (non-hydrogen) atoms. The maximum Gasteiger partial charge on any atom is 0.293 e. The number of amides is 2. The summed E-state index contributed by atoms with van der Waals surface area (Å²) < 4.78 is 24.3. The highest BCUT2D eigenvalue weighted by Gasteiger charge is 2.35. The number of ether oxygens (including phenoxy) is 2. The Morgan fingerprint density at radius 1 is 1.03 bits per heavy atom. The van der Waals surface area contributed by atoms with Crippen molar-refractivity contribution >= 4 is 34.7 Å². The number of halogens is 1. The van der Waals surface area contributed by atoms with Crippen molar-refractivity contribution < 1.29 is 28.4 Å². The summed E-state index contributed by atoms with van der Waals surface area (Å²) >= 11 is 0.825. The minimum atomic E-state index is -0.472. The third kappa shape index (κ3) is 5.67. The Bertz CT molecular complexity index is 1330. The molecule has 2 amide bonds. The molecule has 1 heterocycles. The molecule has 0 radical (unpaired) electrons. The number of hydrogen-bond acceptors (Lipinski definition) is 7. The Morgan fingerprint density at radius 3 is 2.51 bits per heavy atom. The molecule has 8 nitrogen and oxygen atoms in total. The highest BCUT2D eigenvalue weighted by Crippen LogP contribution is 2.35. The number of benzene rings is 3. The Labute approximate surface area is 204 Å². The zero-order chi connectivity index (χ0) is 24.9. The molecule has 0 N–H and O–H groups in total. The number of nitrogens with zero attached hydrogens (tertiary/aromatic N) is 2. The van der Waals surface area contributed by atoms with Gasteiger partial charge in [0.2, 0.25) is 0 Å². The van der Waals surface area contributed by atoms with Crippen LogP contribution in [0.15, 0.2) is 71.6 Å². The topological polar surface area (TPSA) is 99.0 Å². The number of nitro benzene ring substituents is 1. The average Bonchev–Trinajstić information content (AvgIpc) is 3.11. The van der Waals surface area contributed by atoms with Gasteiger partial charge in [-0.15, -0.1) is 0 Å². The monoisotopic (exact) mass is 494 g/mol. The summed E-state index contributed by atoms with van der Waals surface area (Å²) in [5.74, 6) is -0.0150. The number of nitro groups is 1. The van der Waals surface area contributed by atoms with E-state index in [9.17, 15) is 24.1 Å². The quantitative estimate of drug-likeness (QED) is 0.230. The van der Waals surface area contributed by atoms with E-state index in [4.69, 9.17) is 9.47 Å². The molecule has 1 aliphatic heterocycles. The van der Waals surface area contributed by atoms with Crippen LogP contribution in [0.25, 0.3) is 6.08 Å². The second kappa shape index (κ2) is 10.4. The van der Waals surface area contributed by atoms with Crippen LogP contribution in [0.2, 0.25) is 0 Å². The fourth-order valence-electron chi connectivity index (χ4n) is 3.37. The third-order valence-electron chi connectivity index (χ3n) is 5.13. The van der Waals surface area contributed by atoms with Crippen LogP contribution in [-0.4, -0.2) is 28.1 Å². The van der Waals surface area contributed by atoms with Crippen LogP contribution in [-0.2, 0) is 17.9 Å². The molecule has 0 aliphatic carbocycles. The Balaban J connectivity index is 1.47. The van der Waals surface area contributed by atoms with Crippen molar-refractivity contribution in [3.05, 3.63) is 104 Å². The lowest BCUT2D eigenvalue weighted by molar-refractivity contribution is -0.384. The summed E-state index contributed by atoms with van der Waals surface area (Å²) in [5.41, 5.74) is 1.86. The van der Waals surface area contributed by atoms with Crippen molar-refractivity contribution in [2.45, 2.75) is 13.2 Å². The summed E-state index contributed by atoms with van der Waals surface area (Å²) in [4.78, 5) is 37.0. The van der Waals surface area contributed by atoms with E-state index < -0.39 is 21.9 Å². The van der Waals surface area contributed by atoms with Crippen LogP contribution in [0.5, 0.6) is 11.5 Å². The largest absolute Gasteiger partial charge is 0.493 e. The number of thioether (sulfide) groups is 1. The normalized spacial score (nSPS) is 14.5. The van der Waals surface area contributed by atoms with E-state index in [0.717, 1.165) is 16.7 Å². The van der Waals surface area contributed by atoms with Gasteiger partial charge in [-0.2, -0.15) is 0 Å². The van der Waals surface area contributed by atoms with Gasteiger partial charge in [0.15, 0.2) is 11.5 Å². The molecule has 10 heteroatoms. The lowest BCUT2D eigenvalue weighted by atomic mass is 10.1. The molecular weight excluding hydrogens is 475 g/mol. The van der Waals surface area contributed by atoms with Crippen molar-refractivity contribution in [1.29, 1.82) is 0 Å². The first-order valence-electron chi connectivity index (χ1n) is 10.4. The molecule has 1 fully saturated rings. The van der Waals surface area contributed by atoms with E-state index in [1.54, 1.807) is 36.4 Å². The fraction of sp³-hybridized carbons (Fsp3) is 0.120. The summed E-state index contributed by atoms with van der Waals surface area (Å²) in [6, 6.07) is 16.8. The first kappa shape index (κ1) is 24.0. The predicted octanol–water partition coefficient (Wildman–Crippen LogP) is 5.56. The summed E-state index contributed by atoms with van der Waals surface area (Å²) in [7, 11) is 1.47. The van der Waals surface area contributed by atoms with Gasteiger partial charge in [0.1, 0.15) is 12.4 Å². The van der Waals surface area contributed by atoms with Crippen LogP contribution in [0.1, 0.15) is 16.7 Å². The Morgan fingerprint density at radius 2 is 1.80 bits per heavy atom. The van der Waals surface area contributed by atoms with Gasteiger partial charge < -0.3 is 9.47 Å². The Hall–Kier alpha value is -4.18. The van der Waals surface area contributed by atoms with Gasteiger partial charge in [0.25, 0.3) is 16.8 Å². The third-order valence-corrected chi connectivity index (χ3v) is 6.04. The smallest absolute Gasteiger partial charge is 0.293 e. The molecule has 0 spiro atoms. The van der Waals surface area contributed by atoms with Gasteiger partial charge in [-0.3, -0.25) is 24.6 Å². The molecule has 1 aliphatic rings. The van der Waals surface area contributed by atoms with Crippen molar-refractivity contribution in [1.82, 2.24) is 4.90 Å². The number of non-ortho nitro benzene ring substituents is 1. The number of carbonyl (C=O) groups is 2. The van der Waals surface area contributed by atoms with E-state index >= 15 is 0 Å². The first-order chi connectivity index (χ1) is 16.8. The lowest BCUT2D eigenvalue weighted by Crippen LogP contribution is -2.27. The van der Waals surface area contributed by atoms with Crippen LogP contribution in [0, 0.1) is 15.9 Å². The zero-order valence-corrected chi connectivity index (χ0v) is 19.3. The van der Waals surface area contributed by atoms with Crippen LogP contribution in [0.4, 0.5) is 14.9 Å². The van der Waals surface area contributed by atoms with Gasteiger partial charge >= 0.3 is 0 Å². The van der Waals surface area contributed by atoms with E-state index in [-0.39, 0.29) is 23.7 Å². The van der Waals surface area contributed by atoms with Crippen LogP contribution in [0.3, 0.4) is 0 Å². The molecule has 3 aromatic carbocycles. The summed E-state index contributed by atoms with van der Waals surface area (Å²) in [6.07, 6.45) is 1.59. The van der Waals surface area contributed by atoms with E-state index in [1.165, 1.54) is 43.5 Å². The number of methoxy groups -OCH3 is 1. The highest BCUT2D eigenvalue weighted by atomic mass is 32.2. The molecule has 4 rings (SSSR count). The van der Waals surface area contributed by atoms with Gasteiger partial charge in [0.05, 0.1) is 23.5 Å². The van der Waals surface area contributed by atoms with E-state index in [0.29, 0.717) is 28.2 Å². The van der Waals surface area contributed by atoms with Gasteiger partial charge in [0, 0.05) is 12.1 Å². The average molecular weight is 495 g/mol. The molecule has 0 saturated carbocycles. The molecule has 0 bridgehead atoms. The van der Waals surface area contributed by atoms with Gasteiger partial charge in [-0.05, 0) is 58.8 Å². The zero-order valence-electron chi connectivity index (χ0n) is 18.5. The standard InChI is InChI=1S/C25H19FN2O6S/c1-33-22-12-17(7-10-21(22)34-15-18-3-2-4-20(11-18)28(31)32)13-23-24(29)27(25(30)35-23)14-16-5-8-19(26)9-6-16/h2-13H,14-15H2,1H3/b23-13-. The van der Waals surface area contributed by atoms with E-state index in [2.05, 4.69) is 0 Å². The molecule has 0 atom stereocenters. The second-order valence-corrected chi connectivity index (χ2v) is 8.51. The summed E-state index contributed by atoms with van der Waals surface area (Å²) in [5, 5.41) is 10.5. The number of imide groups is 1. The molecule has 0 unspecified atom stereocenters. The van der Waals surface area contributed by atoms with Crippen molar-refractivity contribution in [3.8, 4) is 11.5 Å². The van der Waals surface area contributed by atoms with Gasteiger partial charge in [-0.25, -0.2) is 4.39 Å². The number of rotatable bonds is 8. The fourth-order valence-corrected chi connectivity index (χ4v) is 4.21. The maximum absolute atomic E-state index is 13.1. The molecule has 178 valence electrons. The van der Waals surface area contributed by atoms with Crippen molar-refractivity contribution in [2.75, 3.05) is 7.11 Å². The molecule has 0 aromatic heterocycles. The van der Waals surface area contributed by atoms with Gasteiger partial charge in [-0.1, -0.05) is 30.3 Å². The minimum absolute atomic E-state index is 0.0261. The van der Waals surface area contributed by atoms with Crippen molar-refractivity contribution in [3.63, 3.8) is 0 Å². The summed E-state index contributed by atoms with van der Waals surface area (Å²) in [6.45, 7) is 0.149. The maximum atomic E-state index is 13.1. The minimum Gasteiger partial charge on any atom is -0.493 e. The molecular formula is C25H19FN2O6S. The number of carbonyl (C=O) groups excluding carboxylic acids is 2. The molecule has 3 aromatic rings. The SMILES string of the molecule is COc1cc(/C=C2\SC(=O)N(Cc3ccc(F)cc3)C2=O)ccc1OCc1cccc([N+](=O)[O-])c1. The first-order valence-corrected chi connectivity index (χ1v) is 11.2. The Kier molecular flexibility index (Phi) is 7.11.